The van der Waals surface area contributed by atoms with Crippen LogP contribution in [-0.2, 0) is 12.8 Å². The van der Waals surface area contributed by atoms with Crippen LogP contribution in [0.3, 0.4) is 0 Å². The average Bonchev–Trinajstić information content (AvgIpc) is 2.35. The number of allylic oxidation sites excluding steroid dienone is 1. The Balaban J connectivity index is 2.32. The Bertz CT molecular complexity index is 422. The van der Waals surface area contributed by atoms with E-state index < -0.39 is 0 Å². The Morgan fingerprint density at radius 2 is 1.53 bits per heavy atom. The summed E-state index contributed by atoms with van der Waals surface area (Å²) >= 11 is 0. The molecule has 0 bridgehead atoms. The highest BCUT2D eigenvalue weighted by Gasteiger charge is 2.18. The molecule has 0 radical (unpaired) electrons. The fourth-order valence-corrected chi connectivity index (χ4v) is 2.19. The molecule has 0 N–H and O–H groups in total. The first-order chi connectivity index (χ1) is 8.22. The Kier molecular flexibility index (Phi) is 5.88. The van der Waals surface area contributed by atoms with Gasteiger partial charge in [0, 0.05) is 11.1 Å². The van der Waals surface area contributed by atoms with Crippen molar-refractivity contribution >= 4 is 0 Å². The molecule has 0 fully saturated rings. The fraction of sp³-hybridized carbons (Fsp3) is 0.600. The lowest BCUT2D eigenvalue weighted by molar-refractivity contribution is 0.605. The number of hydrogen-bond acceptors (Lipinski definition) is 2. The van der Waals surface area contributed by atoms with Gasteiger partial charge in [0.05, 0.1) is 0 Å². The van der Waals surface area contributed by atoms with E-state index in [9.17, 15) is 9.59 Å². The van der Waals surface area contributed by atoms with Crippen molar-refractivity contribution in [1.82, 2.24) is 0 Å². The first kappa shape index (κ1) is 13.9. The first-order valence-electron chi connectivity index (χ1n) is 6.64. The van der Waals surface area contributed by atoms with Crippen LogP contribution in [0.1, 0.15) is 56.6 Å². The monoisotopic (exact) mass is 234 g/mol. The smallest absolute Gasteiger partial charge is 0.229 e. The molecule has 2 nitrogen and oxygen atoms in total. The van der Waals surface area contributed by atoms with E-state index in [2.05, 4.69) is 13.5 Å². The Hall–Kier alpha value is -1.18. The maximum Gasteiger partial charge on any atom is 0.229 e. The Morgan fingerprint density at radius 3 is 2.18 bits per heavy atom. The minimum atomic E-state index is -0.286. The van der Waals surface area contributed by atoms with Crippen LogP contribution < -0.4 is 10.9 Å². The summed E-state index contributed by atoms with van der Waals surface area (Å²) in [5.41, 5.74) is 0.935. The van der Waals surface area contributed by atoms with Gasteiger partial charge in [-0.3, -0.25) is 9.59 Å². The summed E-state index contributed by atoms with van der Waals surface area (Å²) < 4.78 is 0. The van der Waals surface area contributed by atoms with Crippen molar-refractivity contribution in [3.63, 3.8) is 0 Å². The summed E-state index contributed by atoms with van der Waals surface area (Å²) in [5, 5.41) is 0. The molecule has 1 aromatic rings. The molecule has 2 heteroatoms. The standard InChI is InChI=1S/C15H22O2/c1-3-5-6-7-8-9-11-13-12(10-4-2)14(16)15(13)17/h4H,2-3,5-11H2,1H3. The van der Waals surface area contributed by atoms with E-state index >= 15 is 0 Å². The van der Waals surface area contributed by atoms with Gasteiger partial charge in [-0.1, -0.05) is 45.1 Å². The van der Waals surface area contributed by atoms with Crippen LogP contribution in [0.15, 0.2) is 22.2 Å². The van der Waals surface area contributed by atoms with Crippen molar-refractivity contribution in [2.45, 2.75) is 58.3 Å². The molecule has 0 heterocycles. The van der Waals surface area contributed by atoms with Gasteiger partial charge in [-0.25, -0.2) is 0 Å². The number of unbranched alkanes of at least 4 members (excludes halogenated alkanes) is 5. The van der Waals surface area contributed by atoms with E-state index in [1.54, 1.807) is 6.08 Å². The second-order valence-electron chi connectivity index (χ2n) is 4.63. The molecule has 0 atom stereocenters. The van der Waals surface area contributed by atoms with E-state index in [0.29, 0.717) is 12.0 Å². The van der Waals surface area contributed by atoms with Gasteiger partial charge in [0.15, 0.2) is 0 Å². The van der Waals surface area contributed by atoms with Crippen molar-refractivity contribution in [3.8, 4) is 0 Å². The lowest BCUT2D eigenvalue weighted by Gasteiger charge is -2.08. The number of hydrogen-bond donors (Lipinski definition) is 0. The summed E-state index contributed by atoms with van der Waals surface area (Å²) in [5.74, 6) is 0. The summed E-state index contributed by atoms with van der Waals surface area (Å²) in [6, 6.07) is 0. The molecule has 0 saturated heterocycles. The molecular formula is C15H22O2. The third-order valence-corrected chi connectivity index (χ3v) is 3.25. The van der Waals surface area contributed by atoms with E-state index in [1.165, 1.54) is 25.7 Å². The van der Waals surface area contributed by atoms with Gasteiger partial charge in [-0.05, 0) is 19.3 Å². The summed E-state index contributed by atoms with van der Waals surface area (Å²) in [7, 11) is 0. The van der Waals surface area contributed by atoms with Crippen LogP contribution >= 0.6 is 0 Å². The maximum atomic E-state index is 11.4. The first-order valence-corrected chi connectivity index (χ1v) is 6.64. The van der Waals surface area contributed by atoms with Gasteiger partial charge in [0.2, 0.25) is 10.9 Å². The molecule has 1 rings (SSSR count). The SMILES string of the molecule is C=CCc1c(CCCCCCCC)c(=O)c1=O. The van der Waals surface area contributed by atoms with Crippen molar-refractivity contribution < 1.29 is 0 Å². The fourth-order valence-electron chi connectivity index (χ4n) is 2.19. The number of rotatable bonds is 9. The molecule has 1 aromatic carbocycles. The lowest BCUT2D eigenvalue weighted by atomic mass is 9.93. The van der Waals surface area contributed by atoms with Crippen LogP contribution in [0.25, 0.3) is 0 Å². The highest BCUT2D eigenvalue weighted by atomic mass is 16.2. The minimum Gasteiger partial charge on any atom is -0.285 e. The zero-order valence-corrected chi connectivity index (χ0v) is 10.8. The molecule has 0 amide bonds. The average molecular weight is 234 g/mol. The second kappa shape index (κ2) is 7.21. The van der Waals surface area contributed by atoms with Crippen molar-refractivity contribution in [2.75, 3.05) is 0 Å². The molecule has 0 aliphatic carbocycles. The van der Waals surface area contributed by atoms with Crippen LogP contribution in [-0.4, -0.2) is 0 Å². The van der Waals surface area contributed by atoms with Crippen molar-refractivity contribution in [2.24, 2.45) is 0 Å². The van der Waals surface area contributed by atoms with Crippen LogP contribution in [0.5, 0.6) is 0 Å². The molecule has 0 aromatic heterocycles. The van der Waals surface area contributed by atoms with Gasteiger partial charge in [-0.2, -0.15) is 0 Å². The Morgan fingerprint density at radius 1 is 0.941 bits per heavy atom. The second-order valence-corrected chi connectivity index (χ2v) is 4.63. The van der Waals surface area contributed by atoms with E-state index in [0.717, 1.165) is 24.8 Å². The van der Waals surface area contributed by atoms with Crippen LogP contribution in [0, 0.1) is 0 Å². The van der Waals surface area contributed by atoms with E-state index in [1.807, 2.05) is 0 Å². The largest absolute Gasteiger partial charge is 0.285 e. The maximum absolute atomic E-state index is 11.4. The quantitative estimate of drug-likeness (QED) is 0.374. The highest BCUT2D eigenvalue weighted by molar-refractivity contribution is 5.34. The molecule has 0 spiro atoms. The summed E-state index contributed by atoms with van der Waals surface area (Å²) in [6.07, 6.45) is 10.3. The van der Waals surface area contributed by atoms with Gasteiger partial charge < -0.3 is 0 Å². The van der Waals surface area contributed by atoms with E-state index in [4.69, 9.17) is 0 Å². The third-order valence-electron chi connectivity index (χ3n) is 3.25. The molecule has 0 aliphatic rings. The van der Waals surface area contributed by atoms with Crippen molar-refractivity contribution in [3.05, 3.63) is 44.2 Å². The summed E-state index contributed by atoms with van der Waals surface area (Å²) in [6.45, 7) is 5.81. The normalized spacial score (nSPS) is 10.9. The molecule has 94 valence electrons. The lowest BCUT2D eigenvalue weighted by Crippen LogP contribution is -2.39. The summed E-state index contributed by atoms with van der Waals surface area (Å²) in [4.78, 5) is 22.7. The molecule has 0 saturated carbocycles. The van der Waals surface area contributed by atoms with Crippen LogP contribution in [0.2, 0.25) is 0 Å². The van der Waals surface area contributed by atoms with Crippen LogP contribution in [0.4, 0.5) is 0 Å². The minimum absolute atomic E-state index is 0.254. The highest BCUT2D eigenvalue weighted by Crippen LogP contribution is 2.10. The zero-order valence-electron chi connectivity index (χ0n) is 10.8. The molecule has 17 heavy (non-hydrogen) atoms. The third kappa shape index (κ3) is 3.65. The topological polar surface area (TPSA) is 34.1 Å². The van der Waals surface area contributed by atoms with Gasteiger partial charge >= 0.3 is 0 Å². The van der Waals surface area contributed by atoms with Crippen molar-refractivity contribution in [1.29, 1.82) is 0 Å². The molecule has 0 aliphatic heterocycles. The molecular weight excluding hydrogens is 212 g/mol. The zero-order chi connectivity index (χ0) is 12.7. The van der Waals surface area contributed by atoms with Gasteiger partial charge in [0.1, 0.15) is 0 Å². The predicted molar refractivity (Wildman–Crippen MR) is 72.3 cm³/mol. The molecule has 0 unspecified atom stereocenters. The predicted octanol–water partition coefficient (Wildman–Crippen LogP) is 2.91. The Labute approximate surface area is 103 Å². The van der Waals surface area contributed by atoms with Gasteiger partial charge in [-0.15, -0.1) is 6.58 Å². The van der Waals surface area contributed by atoms with Gasteiger partial charge in [0.25, 0.3) is 0 Å². The van der Waals surface area contributed by atoms with E-state index in [-0.39, 0.29) is 10.9 Å².